The Labute approximate surface area is 225 Å². The average Bonchev–Trinajstić information content (AvgIpc) is 2.92. The van der Waals surface area contributed by atoms with E-state index in [4.69, 9.17) is 4.74 Å². The molecule has 0 aliphatic heterocycles. The zero-order chi connectivity index (χ0) is 26.6. The maximum atomic E-state index is 13.7. The number of methoxy groups -OCH3 is 1. The number of amides is 2. The number of hydrogen-bond donors (Lipinski definition) is 1. The molecule has 2 amide bonds. The molecule has 3 rings (SSSR count). The van der Waals surface area contributed by atoms with Crippen LogP contribution in [0.25, 0.3) is 0 Å². The molecule has 0 bridgehead atoms. The predicted octanol–water partition coefficient (Wildman–Crippen LogP) is 5.79. The van der Waals surface area contributed by atoms with Crippen LogP contribution in [0.4, 0.5) is 0 Å². The van der Waals surface area contributed by atoms with Crippen molar-refractivity contribution in [2.24, 2.45) is 0 Å². The van der Waals surface area contributed by atoms with Gasteiger partial charge in [-0.05, 0) is 54.7 Å². The monoisotopic (exact) mass is 518 g/mol. The van der Waals surface area contributed by atoms with E-state index in [1.165, 1.54) is 0 Å². The molecule has 0 aromatic heterocycles. The fourth-order valence-corrected chi connectivity index (χ4v) is 4.90. The first-order valence-electron chi connectivity index (χ1n) is 12.8. The van der Waals surface area contributed by atoms with Gasteiger partial charge in [0.2, 0.25) is 11.8 Å². The number of aryl methyl sites for hydroxylation is 1. The summed E-state index contributed by atoms with van der Waals surface area (Å²) in [6.45, 7) is 6.47. The van der Waals surface area contributed by atoms with Crippen LogP contribution in [-0.2, 0) is 28.3 Å². The number of carbonyl (C=O) groups is 2. The van der Waals surface area contributed by atoms with E-state index in [2.05, 4.69) is 5.32 Å². The first-order valence-corrected chi connectivity index (χ1v) is 14.0. The van der Waals surface area contributed by atoms with Crippen molar-refractivity contribution in [3.8, 4) is 5.75 Å². The van der Waals surface area contributed by atoms with Crippen LogP contribution in [0, 0.1) is 6.92 Å². The molecule has 2 atom stereocenters. The Morgan fingerprint density at radius 1 is 0.946 bits per heavy atom. The molecule has 0 aliphatic rings. The van der Waals surface area contributed by atoms with Gasteiger partial charge in [-0.2, -0.15) is 0 Å². The topological polar surface area (TPSA) is 58.6 Å². The molecule has 0 unspecified atom stereocenters. The quantitative estimate of drug-likeness (QED) is 0.311. The van der Waals surface area contributed by atoms with Crippen molar-refractivity contribution in [2.45, 2.75) is 58.0 Å². The van der Waals surface area contributed by atoms with Crippen LogP contribution in [0.5, 0.6) is 5.75 Å². The van der Waals surface area contributed by atoms with Gasteiger partial charge in [-0.15, -0.1) is 11.8 Å². The van der Waals surface area contributed by atoms with Gasteiger partial charge in [0.05, 0.1) is 12.9 Å². The van der Waals surface area contributed by atoms with Crippen LogP contribution < -0.4 is 10.1 Å². The third kappa shape index (κ3) is 8.67. The predicted molar refractivity (Wildman–Crippen MR) is 153 cm³/mol. The molecule has 196 valence electrons. The highest BCUT2D eigenvalue weighted by Gasteiger charge is 2.31. The lowest BCUT2D eigenvalue weighted by Crippen LogP contribution is -2.52. The van der Waals surface area contributed by atoms with Gasteiger partial charge >= 0.3 is 0 Å². The first-order chi connectivity index (χ1) is 17.9. The average molecular weight is 519 g/mol. The Morgan fingerprint density at radius 3 is 2.27 bits per heavy atom. The van der Waals surface area contributed by atoms with E-state index < -0.39 is 6.04 Å². The number of rotatable bonds is 13. The number of nitrogens with zero attached hydrogens (tertiary/aromatic N) is 1. The van der Waals surface area contributed by atoms with E-state index in [9.17, 15) is 9.59 Å². The molecule has 0 heterocycles. The van der Waals surface area contributed by atoms with Gasteiger partial charge in [0, 0.05) is 24.8 Å². The largest absolute Gasteiger partial charge is 0.497 e. The molecular formula is C31H38N2O3S. The fourth-order valence-electron chi connectivity index (χ4n) is 4.03. The van der Waals surface area contributed by atoms with Crippen molar-refractivity contribution >= 4 is 23.6 Å². The molecule has 0 spiro atoms. The maximum absolute atomic E-state index is 13.7. The van der Waals surface area contributed by atoms with Gasteiger partial charge in [-0.3, -0.25) is 9.59 Å². The summed E-state index contributed by atoms with van der Waals surface area (Å²) < 4.78 is 5.24. The van der Waals surface area contributed by atoms with Crippen molar-refractivity contribution in [3.63, 3.8) is 0 Å². The molecule has 3 aromatic rings. The zero-order valence-corrected chi connectivity index (χ0v) is 23.1. The smallest absolute Gasteiger partial charge is 0.243 e. The van der Waals surface area contributed by atoms with Crippen LogP contribution in [0.3, 0.4) is 0 Å². The van der Waals surface area contributed by atoms with Gasteiger partial charge in [0.25, 0.3) is 0 Å². The minimum atomic E-state index is -0.606. The number of benzene rings is 3. The summed E-state index contributed by atoms with van der Waals surface area (Å²) in [6, 6.07) is 25.3. The van der Waals surface area contributed by atoms with Gasteiger partial charge < -0.3 is 15.0 Å². The minimum absolute atomic E-state index is 0.0330. The normalized spacial score (nSPS) is 12.4. The maximum Gasteiger partial charge on any atom is 0.243 e. The van der Waals surface area contributed by atoms with Crippen molar-refractivity contribution in [2.75, 3.05) is 12.9 Å². The number of thioether (sulfide) groups is 1. The standard InChI is InChI=1S/C31H38N2O3S/c1-5-24(3)32-31(35)29(19-25-12-7-6-8-13-25)33(20-27-14-10-9-11-23(27)2)30(34)22-37-21-26-15-17-28(36-4)18-16-26/h6-18,24,29H,5,19-22H2,1-4H3,(H,32,35)/t24-,29+/m1/s1. The Morgan fingerprint density at radius 2 is 1.62 bits per heavy atom. The summed E-state index contributed by atoms with van der Waals surface area (Å²) in [7, 11) is 1.65. The van der Waals surface area contributed by atoms with Gasteiger partial charge in [0.1, 0.15) is 11.8 Å². The van der Waals surface area contributed by atoms with Crippen LogP contribution in [0.15, 0.2) is 78.9 Å². The second kappa shape index (κ2) is 14.5. The Balaban J connectivity index is 1.84. The van der Waals surface area contributed by atoms with E-state index in [1.807, 2.05) is 99.6 Å². The van der Waals surface area contributed by atoms with E-state index >= 15 is 0 Å². The second-order valence-corrected chi connectivity index (χ2v) is 10.3. The zero-order valence-electron chi connectivity index (χ0n) is 22.3. The van der Waals surface area contributed by atoms with Crippen molar-refractivity contribution < 1.29 is 14.3 Å². The Bertz CT molecular complexity index is 1130. The number of carbonyl (C=O) groups excluding carboxylic acids is 2. The van der Waals surface area contributed by atoms with E-state index in [0.29, 0.717) is 24.5 Å². The lowest BCUT2D eigenvalue weighted by atomic mass is 10.0. The van der Waals surface area contributed by atoms with Crippen molar-refractivity contribution in [1.29, 1.82) is 0 Å². The number of ether oxygens (including phenoxy) is 1. The highest BCUT2D eigenvalue weighted by molar-refractivity contribution is 7.99. The minimum Gasteiger partial charge on any atom is -0.497 e. The molecule has 0 radical (unpaired) electrons. The fraction of sp³-hybridized carbons (Fsp3) is 0.355. The molecule has 6 heteroatoms. The molecule has 37 heavy (non-hydrogen) atoms. The van der Waals surface area contributed by atoms with Crippen LogP contribution in [-0.4, -0.2) is 41.7 Å². The van der Waals surface area contributed by atoms with Crippen molar-refractivity contribution in [3.05, 3.63) is 101 Å². The lowest BCUT2D eigenvalue weighted by molar-refractivity contribution is -0.139. The van der Waals surface area contributed by atoms with Crippen molar-refractivity contribution in [1.82, 2.24) is 10.2 Å². The summed E-state index contributed by atoms with van der Waals surface area (Å²) >= 11 is 1.56. The molecule has 0 fully saturated rings. The summed E-state index contributed by atoms with van der Waals surface area (Å²) in [5.74, 6) is 1.66. The van der Waals surface area contributed by atoms with Crippen LogP contribution in [0.1, 0.15) is 42.5 Å². The third-order valence-corrected chi connectivity index (χ3v) is 7.52. The summed E-state index contributed by atoms with van der Waals surface area (Å²) in [5.41, 5.74) is 4.30. The molecule has 0 aliphatic carbocycles. The molecular weight excluding hydrogens is 480 g/mol. The second-order valence-electron chi connectivity index (χ2n) is 9.31. The van der Waals surface area contributed by atoms with E-state index in [0.717, 1.165) is 34.4 Å². The summed E-state index contributed by atoms with van der Waals surface area (Å²) in [6.07, 6.45) is 1.29. The molecule has 3 aromatic carbocycles. The summed E-state index contributed by atoms with van der Waals surface area (Å²) in [4.78, 5) is 29.1. The molecule has 0 saturated carbocycles. The number of nitrogens with one attached hydrogen (secondary N) is 1. The van der Waals surface area contributed by atoms with Gasteiger partial charge in [0.15, 0.2) is 0 Å². The Kier molecular flexibility index (Phi) is 11.1. The Hall–Kier alpha value is -3.25. The molecule has 5 nitrogen and oxygen atoms in total. The SMILES string of the molecule is CC[C@@H](C)NC(=O)[C@H](Cc1ccccc1)N(Cc1ccccc1C)C(=O)CSCc1ccc(OC)cc1. The lowest BCUT2D eigenvalue weighted by Gasteiger charge is -2.32. The third-order valence-electron chi connectivity index (χ3n) is 6.53. The first kappa shape index (κ1) is 28.3. The molecule has 1 N–H and O–H groups in total. The van der Waals surface area contributed by atoms with Gasteiger partial charge in [-0.25, -0.2) is 0 Å². The van der Waals surface area contributed by atoms with Gasteiger partial charge in [-0.1, -0.05) is 73.7 Å². The van der Waals surface area contributed by atoms with Crippen LogP contribution >= 0.6 is 11.8 Å². The molecule has 0 saturated heterocycles. The highest BCUT2D eigenvalue weighted by Crippen LogP contribution is 2.21. The van der Waals surface area contributed by atoms with E-state index in [1.54, 1.807) is 23.8 Å². The number of hydrogen-bond acceptors (Lipinski definition) is 4. The van der Waals surface area contributed by atoms with Crippen LogP contribution in [0.2, 0.25) is 0 Å². The highest BCUT2D eigenvalue weighted by atomic mass is 32.2. The van der Waals surface area contributed by atoms with E-state index in [-0.39, 0.29) is 17.9 Å². The summed E-state index contributed by atoms with van der Waals surface area (Å²) in [5, 5.41) is 3.13.